The maximum atomic E-state index is 12.5. The summed E-state index contributed by atoms with van der Waals surface area (Å²) in [6.45, 7) is 2.36. The fraction of sp³-hybridized carbons (Fsp3) is 0.895. The molecule has 0 saturated carbocycles. The van der Waals surface area contributed by atoms with Gasteiger partial charge in [0, 0.05) is 12.8 Å². The fourth-order valence-corrected chi connectivity index (χ4v) is 6.13. The maximum Gasteiger partial charge on any atom is 0.472 e. The Morgan fingerprint density at radius 2 is 1.00 bits per heavy atom. The molecule has 0 bridgehead atoms. The van der Waals surface area contributed by atoms with Gasteiger partial charge in [0.15, 0.2) is 6.10 Å². The molecule has 0 rings (SSSR count). The topological polar surface area (TPSA) is 149 Å². The third-order valence-corrected chi connectivity index (χ3v) is 9.37. The van der Waals surface area contributed by atoms with Gasteiger partial charge in [-0.25, -0.2) is 4.57 Å². The van der Waals surface area contributed by atoms with Gasteiger partial charge in [-0.15, -0.1) is 0 Å². The quantitative estimate of drug-likeness (QED) is 0.0245. The molecule has 0 heterocycles. The Balaban J connectivity index is 4.36. The van der Waals surface area contributed by atoms with Gasteiger partial charge in [-0.05, 0) is 38.5 Å². The predicted octanol–water partition coefficient (Wildman–Crippen LogP) is 9.67. The SMILES string of the molecule is CCCCCCC/C=C\CCCCCCCC(=O)O[C@H](COC(=O)CCCCCCCCCCCCCC)COP(=O)(O)OC[C@@H](O)CO. The average Bonchev–Trinajstić information content (AvgIpc) is 3.09. The molecular formula is C38H73O10P. The number of phosphoric ester groups is 1. The van der Waals surface area contributed by atoms with Crippen LogP contribution < -0.4 is 0 Å². The molecule has 0 aliphatic carbocycles. The molecule has 0 aromatic heterocycles. The number of ether oxygens (including phenoxy) is 2. The summed E-state index contributed by atoms with van der Waals surface area (Å²) in [7, 11) is -4.61. The lowest BCUT2D eigenvalue weighted by Gasteiger charge is -2.20. The number of hydrogen-bond acceptors (Lipinski definition) is 9. The Morgan fingerprint density at radius 1 is 0.592 bits per heavy atom. The molecule has 11 heteroatoms. The van der Waals surface area contributed by atoms with Crippen molar-refractivity contribution in [2.45, 2.75) is 193 Å². The molecule has 10 nitrogen and oxygen atoms in total. The van der Waals surface area contributed by atoms with Crippen LogP contribution in [0.25, 0.3) is 0 Å². The smallest absolute Gasteiger partial charge is 0.462 e. The van der Waals surface area contributed by atoms with E-state index in [4.69, 9.17) is 19.1 Å². The molecule has 0 saturated heterocycles. The summed E-state index contributed by atoms with van der Waals surface area (Å²) in [5.41, 5.74) is 0. The molecule has 3 N–H and O–H groups in total. The zero-order valence-corrected chi connectivity index (χ0v) is 32.1. The number of phosphoric acid groups is 1. The van der Waals surface area contributed by atoms with Crippen LogP contribution in [0, 0.1) is 0 Å². The molecule has 0 aromatic rings. The highest BCUT2D eigenvalue weighted by Crippen LogP contribution is 2.43. The van der Waals surface area contributed by atoms with Crippen molar-refractivity contribution in [1.29, 1.82) is 0 Å². The Bertz CT molecular complexity index is 837. The standard InChI is InChI=1S/C38H73O10P/c1-3-5-7-9-11-13-15-17-18-20-22-24-26-28-30-38(42)48-36(34-47-49(43,44)46-32-35(40)31-39)33-45-37(41)29-27-25-23-21-19-16-14-12-10-8-6-4-2/h15,17,35-36,39-40H,3-14,16,18-34H2,1-2H3,(H,43,44)/b17-15-/t35-,36+/m0/s1. The average molecular weight is 721 g/mol. The Hall–Kier alpha value is -1.29. The third-order valence-electron chi connectivity index (χ3n) is 8.42. The van der Waals surface area contributed by atoms with E-state index in [-0.39, 0.29) is 19.4 Å². The van der Waals surface area contributed by atoms with Gasteiger partial charge in [0.1, 0.15) is 12.7 Å². The number of hydrogen-bond donors (Lipinski definition) is 3. The van der Waals surface area contributed by atoms with Gasteiger partial charge < -0.3 is 24.6 Å². The van der Waals surface area contributed by atoms with Gasteiger partial charge in [-0.2, -0.15) is 0 Å². The van der Waals surface area contributed by atoms with Crippen LogP contribution in [0.4, 0.5) is 0 Å². The van der Waals surface area contributed by atoms with E-state index in [0.717, 1.165) is 57.8 Å². The summed E-state index contributed by atoms with van der Waals surface area (Å²) in [4.78, 5) is 34.8. The fourth-order valence-electron chi connectivity index (χ4n) is 5.34. The number of rotatable bonds is 37. The molecule has 49 heavy (non-hydrogen) atoms. The van der Waals surface area contributed by atoms with Crippen molar-refractivity contribution in [1.82, 2.24) is 0 Å². The van der Waals surface area contributed by atoms with Gasteiger partial charge in [-0.3, -0.25) is 18.6 Å². The first-order valence-corrected chi connectivity index (χ1v) is 21.1. The van der Waals surface area contributed by atoms with Crippen LogP contribution in [0.1, 0.15) is 181 Å². The first kappa shape index (κ1) is 47.7. The number of aliphatic hydroxyl groups excluding tert-OH is 2. The molecule has 0 radical (unpaired) electrons. The van der Waals surface area contributed by atoms with Crippen LogP contribution in [-0.2, 0) is 32.7 Å². The Kier molecular flexibility index (Phi) is 34.2. The summed E-state index contributed by atoms with van der Waals surface area (Å²) in [5.74, 6) is -0.929. The molecule has 3 atom stereocenters. The number of aliphatic hydroxyl groups is 2. The zero-order chi connectivity index (χ0) is 36.3. The lowest BCUT2D eigenvalue weighted by atomic mass is 10.0. The Morgan fingerprint density at radius 3 is 1.47 bits per heavy atom. The van der Waals surface area contributed by atoms with Crippen LogP contribution in [0.3, 0.4) is 0 Å². The second-order valence-electron chi connectivity index (χ2n) is 13.3. The zero-order valence-electron chi connectivity index (χ0n) is 31.2. The van der Waals surface area contributed by atoms with Crippen LogP contribution >= 0.6 is 7.82 Å². The molecular weight excluding hydrogens is 647 g/mol. The van der Waals surface area contributed by atoms with Crippen molar-refractivity contribution in [2.24, 2.45) is 0 Å². The number of unbranched alkanes of at least 4 members (excludes halogenated alkanes) is 21. The minimum atomic E-state index is -4.61. The Labute approximate surface area is 298 Å². The molecule has 290 valence electrons. The molecule has 0 spiro atoms. The summed E-state index contributed by atoms with van der Waals surface area (Å²) in [6.07, 6.45) is 30.3. The van der Waals surface area contributed by atoms with Crippen molar-refractivity contribution in [2.75, 3.05) is 26.4 Å². The first-order chi connectivity index (χ1) is 23.7. The van der Waals surface area contributed by atoms with Crippen molar-refractivity contribution in [3.63, 3.8) is 0 Å². The number of esters is 2. The van der Waals surface area contributed by atoms with Crippen LogP contribution in [0.5, 0.6) is 0 Å². The summed E-state index contributed by atoms with van der Waals surface area (Å²) in [6, 6.07) is 0. The van der Waals surface area contributed by atoms with E-state index in [1.807, 2.05) is 0 Å². The lowest BCUT2D eigenvalue weighted by Crippen LogP contribution is -2.29. The van der Waals surface area contributed by atoms with Crippen LogP contribution in [-0.4, -0.2) is 65.7 Å². The van der Waals surface area contributed by atoms with E-state index in [0.29, 0.717) is 12.8 Å². The highest BCUT2D eigenvalue weighted by molar-refractivity contribution is 7.47. The van der Waals surface area contributed by atoms with E-state index in [9.17, 15) is 24.2 Å². The molecule has 1 unspecified atom stereocenters. The van der Waals surface area contributed by atoms with E-state index < -0.39 is 51.8 Å². The number of carbonyl (C=O) groups is 2. The first-order valence-electron chi connectivity index (χ1n) is 19.6. The largest absolute Gasteiger partial charge is 0.472 e. The maximum absolute atomic E-state index is 12.5. The van der Waals surface area contributed by atoms with Crippen LogP contribution in [0.15, 0.2) is 12.2 Å². The monoisotopic (exact) mass is 720 g/mol. The van der Waals surface area contributed by atoms with Gasteiger partial charge in [0.05, 0.1) is 19.8 Å². The van der Waals surface area contributed by atoms with Gasteiger partial charge >= 0.3 is 19.8 Å². The third kappa shape index (κ3) is 34.9. The normalized spacial score (nSPS) is 14.1. The van der Waals surface area contributed by atoms with Crippen LogP contribution in [0.2, 0.25) is 0 Å². The van der Waals surface area contributed by atoms with Crippen molar-refractivity contribution >= 4 is 19.8 Å². The lowest BCUT2D eigenvalue weighted by molar-refractivity contribution is -0.161. The van der Waals surface area contributed by atoms with E-state index >= 15 is 0 Å². The highest BCUT2D eigenvalue weighted by Gasteiger charge is 2.27. The minimum Gasteiger partial charge on any atom is -0.462 e. The molecule has 0 amide bonds. The molecule has 0 fully saturated rings. The van der Waals surface area contributed by atoms with E-state index in [1.165, 1.54) is 83.5 Å². The number of carbonyl (C=O) groups excluding carboxylic acids is 2. The van der Waals surface area contributed by atoms with Gasteiger partial charge in [-0.1, -0.05) is 142 Å². The molecule has 0 aliphatic heterocycles. The van der Waals surface area contributed by atoms with Crippen molar-refractivity contribution < 1.29 is 47.8 Å². The molecule has 0 aliphatic rings. The van der Waals surface area contributed by atoms with Crippen molar-refractivity contribution in [3.05, 3.63) is 12.2 Å². The minimum absolute atomic E-state index is 0.178. The van der Waals surface area contributed by atoms with Gasteiger partial charge in [0.25, 0.3) is 0 Å². The summed E-state index contributed by atoms with van der Waals surface area (Å²) in [5, 5.41) is 18.3. The second-order valence-corrected chi connectivity index (χ2v) is 14.8. The summed E-state index contributed by atoms with van der Waals surface area (Å²) < 4.78 is 32.6. The number of allylic oxidation sites excluding steroid dienone is 2. The van der Waals surface area contributed by atoms with Crippen molar-refractivity contribution in [3.8, 4) is 0 Å². The second kappa shape index (κ2) is 35.1. The summed E-state index contributed by atoms with van der Waals surface area (Å²) >= 11 is 0. The highest BCUT2D eigenvalue weighted by atomic mass is 31.2. The van der Waals surface area contributed by atoms with E-state index in [1.54, 1.807) is 0 Å². The van der Waals surface area contributed by atoms with Gasteiger partial charge in [0.2, 0.25) is 0 Å². The van der Waals surface area contributed by atoms with E-state index in [2.05, 4.69) is 30.5 Å². The molecule has 0 aromatic carbocycles. The predicted molar refractivity (Wildman–Crippen MR) is 196 cm³/mol.